The van der Waals surface area contributed by atoms with Crippen molar-refractivity contribution in [3.63, 3.8) is 0 Å². The minimum Gasteiger partial charge on any atom is -0.341 e. The van der Waals surface area contributed by atoms with E-state index in [1.165, 1.54) is 24.6 Å². The van der Waals surface area contributed by atoms with Gasteiger partial charge in [0.1, 0.15) is 11.9 Å². The molecule has 2 aliphatic rings. The second kappa shape index (κ2) is 13.7. The summed E-state index contributed by atoms with van der Waals surface area (Å²) in [6, 6.07) is 18.0. The number of carbonyl (C=O) groups is 3. The molecule has 0 bridgehead atoms. The van der Waals surface area contributed by atoms with Crippen molar-refractivity contribution in [2.24, 2.45) is 0 Å². The molecule has 3 heterocycles. The summed E-state index contributed by atoms with van der Waals surface area (Å²) in [6.07, 6.45) is 6.61. The van der Waals surface area contributed by atoms with Gasteiger partial charge in [-0.15, -0.1) is 0 Å². The van der Waals surface area contributed by atoms with E-state index in [4.69, 9.17) is 11.6 Å². The summed E-state index contributed by atoms with van der Waals surface area (Å²) in [6.45, 7) is 4.40. The third-order valence-corrected chi connectivity index (χ3v) is 7.95. The van der Waals surface area contributed by atoms with E-state index in [-0.39, 0.29) is 12.3 Å². The topological polar surface area (TPSA) is 94.6 Å². The van der Waals surface area contributed by atoms with Crippen molar-refractivity contribution in [1.29, 1.82) is 0 Å². The maximum absolute atomic E-state index is 13.4. The number of halogens is 1. The van der Waals surface area contributed by atoms with Gasteiger partial charge in [-0.05, 0) is 86.1 Å². The van der Waals surface area contributed by atoms with Crippen LogP contribution in [0.4, 0.5) is 5.82 Å². The summed E-state index contributed by atoms with van der Waals surface area (Å²) >= 11 is 5.89. The minimum atomic E-state index is -0.992. The molecular formula is C32H36ClN5O3. The predicted octanol–water partition coefficient (Wildman–Crippen LogP) is 5.14. The van der Waals surface area contributed by atoms with Crippen molar-refractivity contribution >= 4 is 35.1 Å². The number of carbonyl (C=O) groups excluding carboxylic acids is 3. The lowest BCUT2D eigenvalue weighted by Gasteiger charge is -2.30. The molecule has 2 aliphatic heterocycles. The third kappa shape index (κ3) is 7.71. The highest BCUT2D eigenvalue weighted by molar-refractivity contribution is 6.30. The Morgan fingerprint density at radius 1 is 0.854 bits per heavy atom. The van der Waals surface area contributed by atoms with E-state index in [2.05, 4.69) is 38.7 Å². The number of benzene rings is 2. The molecule has 2 aromatic carbocycles. The number of piperidine rings is 1. The van der Waals surface area contributed by atoms with Crippen molar-refractivity contribution in [1.82, 2.24) is 20.1 Å². The molecule has 0 aliphatic carbocycles. The van der Waals surface area contributed by atoms with Crippen molar-refractivity contribution in [3.8, 4) is 11.1 Å². The van der Waals surface area contributed by atoms with Gasteiger partial charge in [-0.25, -0.2) is 4.98 Å². The van der Waals surface area contributed by atoms with Crippen LogP contribution >= 0.6 is 11.6 Å². The van der Waals surface area contributed by atoms with Gasteiger partial charge in [0.15, 0.2) is 0 Å². The number of amides is 3. The van der Waals surface area contributed by atoms with Crippen LogP contribution in [0.1, 0.15) is 54.4 Å². The summed E-state index contributed by atoms with van der Waals surface area (Å²) in [5, 5.41) is 5.98. The number of nitrogens with zero attached hydrogens (tertiary/aromatic N) is 3. The molecule has 0 spiro atoms. The molecule has 1 aromatic heterocycles. The lowest BCUT2D eigenvalue weighted by Crippen LogP contribution is -2.51. The first kappa shape index (κ1) is 28.8. The van der Waals surface area contributed by atoms with Gasteiger partial charge in [0.25, 0.3) is 5.91 Å². The van der Waals surface area contributed by atoms with E-state index in [9.17, 15) is 14.4 Å². The van der Waals surface area contributed by atoms with Crippen LogP contribution in [0.5, 0.6) is 0 Å². The van der Waals surface area contributed by atoms with Crippen LogP contribution in [-0.2, 0) is 16.1 Å². The van der Waals surface area contributed by atoms with Gasteiger partial charge in [0.2, 0.25) is 11.8 Å². The zero-order valence-corrected chi connectivity index (χ0v) is 23.9. The van der Waals surface area contributed by atoms with Gasteiger partial charge in [0.05, 0.1) is 11.4 Å². The first-order valence-corrected chi connectivity index (χ1v) is 14.8. The summed E-state index contributed by atoms with van der Waals surface area (Å²) in [4.78, 5) is 47.9. The second-order valence-corrected chi connectivity index (χ2v) is 11.2. The fraction of sp³-hybridized carbons (Fsp3) is 0.375. The Morgan fingerprint density at radius 3 is 2.27 bits per heavy atom. The number of aromatic nitrogens is 1. The average molecular weight is 574 g/mol. The molecule has 0 unspecified atom stereocenters. The van der Waals surface area contributed by atoms with Crippen molar-refractivity contribution in [3.05, 3.63) is 83.0 Å². The Morgan fingerprint density at radius 2 is 1.56 bits per heavy atom. The van der Waals surface area contributed by atoms with Gasteiger partial charge >= 0.3 is 0 Å². The number of anilines is 1. The van der Waals surface area contributed by atoms with E-state index in [1.807, 2.05) is 18.2 Å². The number of rotatable bonds is 9. The molecule has 41 heavy (non-hydrogen) atoms. The molecule has 0 saturated carbocycles. The lowest BCUT2D eigenvalue weighted by atomic mass is 9.98. The molecule has 2 fully saturated rings. The van der Waals surface area contributed by atoms with E-state index >= 15 is 0 Å². The number of likely N-dealkylation sites (tertiary alicyclic amines) is 2. The first-order chi connectivity index (χ1) is 20.0. The van der Waals surface area contributed by atoms with Crippen LogP contribution in [-0.4, -0.2) is 64.7 Å². The van der Waals surface area contributed by atoms with Crippen LogP contribution in [0.15, 0.2) is 66.9 Å². The Bertz CT molecular complexity index is 1350. The Labute approximate surface area is 246 Å². The first-order valence-electron chi connectivity index (χ1n) is 14.4. The summed E-state index contributed by atoms with van der Waals surface area (Å²) in [7, 11) is 0. The Balaban J connectivity index is 1.28. The van der Waals surface area contributed by atoms with Gasteiger partial charge in [0, 0.05) is 31.4 Å². The van der Waals surface area contributed by atoms with Gasteiger partial charge in [-0.1, -0.05) is 48.0 Å². The summed E-state index contributed by atoms with van der Waals surface area (Å²) < 4.78 is 0. The third-order valence-electron chi connectivity index (χ3n) is 7.72. The van der Waals surface area contributed by atoms with Crippen molar-refractivity contribution < 1.29 is 14.4 Å². The maximum Gasteiger partial charge on any atom is 0.251 e. The van der Waals surface area contributed by atoms with Crippen LogP contribution in [0.3, 0.4) is 0 Å². The Hall–Kier alpha value is -3.75. The standard InChI is InChI=1S/C32H36ClN5O3/c33-26-14-15-29(34-21-26)36-30(39)20-28(32(41)38-18-4-1-5-19-38)35-31(40)24-12-10-23(11-13-24)27-9-3-2-8-25(27)22-37-16-6-7-17-37/h2-3,8-15,21,28H,1,4-7,16-20,22H2,(H,35,40)(H,34,36,39)/t28-/m1/s1. The second-order valence-electron chi connectivity index (χ2n) is 10.7. The molecule has 3 amide bonds. The van der Waals surface area contributed by atoms with Crippen molar-refractivity contribution in [2.45, 2.75) is 51.1 Å². The van der Waals surface area contributed by atoms with Gasteiger partial charge < -0.3 is 15.5 Å². The summed E-state index contributed by atoms with van der Waals surface area (Å²) in [5.41, 5.74) is 3.88. The monoisotopic (exact) mass is 573 g/mol. The highest BCUT2D eigenvalue weighted by Gasteiger charge is 2.29. The normalized spacial score (nSPS) is 16.3. The maximum atomic E-state index is 13.4. The van der Waals surface area contributed by atoms with E-state index in [1.54, 1.807) is 29.2 Å². The predicted molar refractivity (Wildman–Crippen MR) is 161 cm³/mol. The molecule has 0 radical (unpaired) electrons. The number of hydrogen-bond acceptors (Lipinski definition) is 5. The number of hydrogen-bond donors (Lipinski definition) is 2. The number of nitrogens with one attached hydrogen (secondary N) is 2. The average Bonchev–Trinajstić information content (AvgIpc) is 3.51. The quantitative estimate of drug-likeness (QED) is 0.370. The van der Waals surface area contributed by atoms with E-state index in [0.717, 1.165) is 50.0 Å². The molecule has 1 atom stereocenters. The highest BCUT2D eigenvalue weighted by atomic mass is 35.5. The zero-order valence-electron chi connectivity index (χ0n) is 23.2. The van der Waals surface area contributed by atoms with Gasteiger partial charge in [-0.2, -0.15) is 0 Å². The SMILES string of the molecule is O=C(C[C@@H](NC(=O)c1ccc(-c2ccccc2CN2CCCC2)cc1)C(=O)N1CCCCC1)Nc1ccc(Cl)cn1. The molecule has 9 heteroatoms. The lowest BCUT2D eigenvalue weighted by molar-refractivity contribution is -0.135. The molecule has 214 valence electrons. The molecule has 2 N–H and O–H groups in total. The molecule has 3 aromatic rings. The van der Waals surface area contributed by atoms with E-state index < -0.39 is 17.9 Å². The minimum absolute atomic E-state index is 0.201. The fourth-order valence-corrected chi connectivity index (χ4v) is 5.64. The summed E-state index contributed by atoms with van der Waals surface area (Å²) in [5.74, 6) is -0.727. The number of pyridine rings is 1. The zero-order chi connectivity index (χ0) is 28.6. The van der Waals surface area contributed by atoms with Crippen LogP contribution in [0.2, 0.25) is 5.02 Å². The smallest absolute Gasteiger partial charge is 0.251 e. The Kier molecular flexibility index (Phi) is 9.64. The highest BCUT2D eigenvalue weighted by Crippen LogP contribution is 2.26. The van der Waals surface area contributed by atoms with Gasteiger partial charge in [-0.3, -0.25) is 19.3 Å². The molecule has 2 saturated heterocycles. The fourth-order valence-electron chi connectivity index (χ4n) is 5.53. The van der Waals surface area contributed by atoms with Crippen LogP contribution in [0, 0.1) is 0 Å². The van der Waals surface area contributed by atoms with Crippen molar-refractivity contribution in [2.75, 3.05) is 31.5 Å². The molecular weight excluding hydrogens is 538 g/mol. The largest absolute Gasteiger partial charge is 0.341 e. The van der Waals surface area contributed by atoms with Crippen LogP contribution in [0.25, 0.3) is 11.1 Å². The van der Waals surface area contributed by atoms with Crippen LogP contribution < -0.4 is 10.6 Å². The molecule has 5 rings (SSSR count). The van der Waals surface area contributed by atoms with E-state index in [0.29, 0.717) is 29.5 Å². The molecule has 8 nitrogen and oxygen atoms in total.